The van der Waals surface area contributed by atoms with Gasteiger partial charge in [-0.1, -0.05) is 42.5 Å². The maximum Gasteiger partial charge on any atom is 0.265 e. The maximum atomic E-state index is 12.5. The largest absolute Gasteiger partial charge is 0.494 e. The molecule has 0 aliphatic carbocycles. The van der Waals surface area contributed by atoms with E-state index in [1.54, 1.807) is 23.1 Å². The zero-order valence-corrected chi connectivity index (χ0v) is 17.3. The molecule has 1 aliphatic rings. The highest BCUT2D eigenvalue weighted by atomic mass is 16.5. The van der Waals surface area contributed by atoms with Gasteiger partial charge in [-0.15, -0.1) is 0 Å². The minimum atomic E-state index is -0.137. The lowest BCUT2D eigenvalue weighted by molar-refractivity contribution is -0.121. The summed E-state index contributed by atoms with van der Waals surface area (Å²) < 4.78 is 11.0. The van der Waals surface area contributed by atoms with Crippen LogP contribution in [0.15, 0.2) is 72.8 Å². The van der Waals surface area contributed by atoms with E-state index in [-0.39, 0.29) is 24.8 Å². The van der Waals surface area contributed by atoms with Crippen LogP contribution in [0.4, 0.5) is 11.4 Å². The molecule has 31 heavy (non-hydrogen) atoms. The third kappa shape index (κ3) is 5.04. The first-order valence-electron chi connectivity index (χ1n) is 10.2. The van der Waals surface area contributed by atoms with Crippen LogP contribution in [0.2, 0.25) is 0 Å². The fourth-order valence-corrected chi connectivity index (χ4v) is 3.48. The fourth-order valence-electron chi connectivity index (χ4n) is 3.48. The Hall–Kier alpha value is -3.80. The van der Waals surface area contributed by atoms with Gasteiger partial charge in [0.2, 0.25) is 5.91 Å². The first-order chi connectivity index (χ1) is 15.1. The third-order valence-electron chi connectivity index (χ3n) is 4.97. The van der Waals surface area contributed by atoms with E-state index < -0.39 is 0 Å². The second-order valence-electron chi connectivity index (χ2n) is 7.24. The zero-order chi connectivity index (χ0) is 21.6. The predicted molar refractivity (Wildman–Crippen MR) is 120 cm³/mol. The second-order valence-corrected chi connectivity index (χ2v) is 7.24. The minimum Gasteiger partial charge on any atom is -0.494 e. The number of hydrogen-bond acceptors (Lipinski definition) is 4. The van der Waals surface area contributed by atoms with Gasteiger partial charge in [0.25, 0.3) is 5.91 Å². The summed E-state index contributed by atoms with van der Waals surface area (Å²) in [5, 5.41) is 2.92. The summed E-state index contributed by atoms with van der Waals surface area (Å²) in [6, 6.07) is 22.6. The van der Waals surface area contributed by atoms with Gasteiger partial charge in [0.15, 0.2) is 6.61 Å². The van der Waals surface area contributed by atoms with Crippen molar-refractivity contribution >= 4 is 23.2 Å². The Morgan fingerprint density at radius 2 is 1.81 bits per heavy atom. The van der Waals surface area contributed by atoms with E-state index in [1.807, 2.05) is 61.5 Å². The van der Waals surface area contributed by atoms with Crippen LogP contribution in [0.5, 0.6) is 11.5 Å². The summed E-state index contributed by atoms with van der Waals surface area (Å²) in [5.41, 5.74) is 3.18. The van der Waals surface area contributed by atoms with Crippen LogP contribution in [0.1, 0.15) is 18.1 Å². The summed E-state index contributed by atoms with van der Waals surface area (Å²) in [7, 11) is 0. The van der Waals surface area contributed by atoms with Crippen LogP contribution in [0.25, 0.3) is 0 Å². The topological polar surface area (TPSA) is 67.9 Å². The fraction of sp³-hybridized carbons (Fsp3) is 0.200. The van der Waals surface area contributed by atoms with Crippen molar-refractivity contribution in [1.29, 1.82) is 0 Å². The number of ether oxygens (including phenoxy) is 2. The first kappa shape index (κ1) is 20.5. The van der Waals surface area contributed by atoms with Gasteiger partial charge in [-0.25, -0.2) is 0 Å². The van der Waals surface area contributed by atoms with Gasteiger partial charge in [-0.3, -0.25) is 9.59 Å². The molecule has 0 saturated carbocycles. The quantitative estimate of drug-likeness (QED) is 0.627. The summed E-state index contributed by atoms with van der Waals surface area (Å²) >= 11 is 0. The van der Waals surface area contributed by atoms with E-state index >= 15 is 0 Å². The van der Waals surface area contributed by atoms with E-state index in [9.17, 15) is 9.59 Å². The molecule has 0 unspecified atom stereocenters. The molecular formula is C25H24N2O4. The molecule has 158 valence electrons. The lowest BCUT2D eigenvalue weighted by Gasteiger charge is -2.30. The Labute approximate surface area is 181 Å². The summed E-state index contributed by atoms with van der Waals surface area (Å²) in [5.74, 6) is 1.15. The van der Waals surface area contributed by atoms with Crippen LogP contribution in [-0.4, -0.2) is 25.0 Å². The summed E-state index contributed by atoms with van der Waals surface area (Å²) in [6.07, 6.45) is 0.243. The van der Waals surface area contributed by atoms with Gasteiger partial charge in [0.05, 0.1) is 25.3 Å². The van der Waals surface area contributed by atoms with Crippen LogP contribution >= 0.6 is 0 Å². The maximum absolute atomic E-state index is 12.5. The molecule has 6 heteroatoms. The Balaban J connectivity index is 1.47. The lowest BCUT2D eigenvalue weighted by atomic mass is 10.1. The van der Waals surface area contributed by atoms with E-state index in [4.69, 9.17) is 9.47 Å². The molecule has 0 aromatic heterocycles. The molecule has 0 bridgehead atoms. The molecule has 3 aromatic carbocycles. The van der Waals surface area contributed by atoms with Crippen molar-refractivity contribution in [3.05, 3.63) is 83.9 Å². The molecule has 2 amide bonds. The second kappa shape index (κ2) is 9.34. The highest BCUT2D eigenvalue weighted by Crippen LogP contribution is 2.35. The van der Waals surface area contributed by atoms with Crippen LogP contribution in [-0.2, 0) is 22.6 Å². The molecule has 0 radical (unpaired) electrons. The number of nitrogens with zero attached hydrogens (tertiary/aromatic N) is 1. The molecule has 0 saturated heterocycles. The van der Waals surface area contributed by atoms with Crippen LogP contribution < -0.4 is 19.7 Å². The Morgan fingerprint density at radius 3 is 2.55 bits per heavy atom. The first-order valence-corrected chi connectivity index (χ1v) is 10.2. The van der Waals surface area contributed by atoms with Gasteiger partial charge >= 0.3 is 0 Å². The molecule has 1 N–H and O–H groups in total. The number of anilines is 2. The molecule has 1 heterocycles. The molecule has 0 spiro atoms. The molecule has 0 fully saturated rings. The number of benzene rings is 3. The van der Waals surface area contributed by atoms with E-state index in [0.717, 1.165) is 16.9 Å². The van der Waals surface area contributed by atoms with Crippen molar-refractivity contribution in [2.24, 2.45) is 0 Å². The van der Waals surface area contributed by atoms with Crippen molar-refractivity contribution in [1.82, 2.24) is 0 Å². The van der Waals surface area contributed by atoms with Gasteiger partial charge < -0.3 is 19.7 Å². The summed E-state index contributed by atoms with van der Waals surface area (Å²) in [4.78, 5) is 26.7. The van der Waals surface area contributed by atoms with Gasteiger partial charge in [0, 0.05) is 5.69 Å². The molecular weight excluding hydrogens is 392 g/mol. The Kier molecular flexibility index (Phi) is 6.17. The Morgan fingerprint density at radius 1 is 1.03 bits per heavy atom. The predicted octanol–water partition coefficient (Wildman–Crippen LogP) is 4.19. The SMILES string of the molecule is CCOc1ccc(CC(=O)Nc2ccc3c(c2)N(Cc2ccccc2)C(=O)CO3)cc1. The highest BCUT2D eigenvalue weighted by molar-refractivity contribution is 5.99. The smallest absolute Gasteiger partial charge is 0.265 e. The van der Waals surface area contributed by atoms with Gasteiger partial charge in [-0.2, -0.15) is 0 Å². The van der Waals surface area contributed by atoms with Crippen molar-refractivity contribution < 1.29 is 19.1 Å². The average molecular weight is 416 g/mol. The normalized spacial score (nSPS) is 12.7. The van der Waals surface area contributed by atoms with E-state index in [0.29, 0.717) is 30.3 Å². The van der Waals surface area contributed by atoms with Crippen LogP contribution in [0, 0.1) is 0 Å². The highest BCUT2D eigenvalue weighted by Gasteiger charge is 2.26. The molecule has 1 aliphatic heterocycles. The number of hydrogen-bond donors (Lipinski definition) is 1. The monoisotopic (exact) mass is 416 g/mol. The van der Waals surface area contributed by atoms with Crippen molar-refractivity contribution in [3.63, 3.8) is 0 Å². The number of rotatable bonds is 7. The average Bonchev–Trinajstić information content (AvgIpc) is 2.78. The van der Waals surface area contributed by atoms with Crippen molar-refractivity contribution in [3.8, 4) is 11.5 Å². The van der Waals surface area contributed by atoms with Crippen LogP contribution in [0.3, 0.4) is 0 Å². The number of nitrogens with one attached hydrogen (secondary N) is 1. The molecule has 4 rings (SSSR count). The number of carbonyl (C=O) groups excluding carboxylic acids is 2. The number of amides is 2. The summed E-state index contributed by atoms with van der Waals surface area (Å²) in [6.45, 7) is 2.98. The lowest BCUT2D eigenvalue weighted by Crippen LogP contribution is -2.38. The minimum absolute atomic E-state index is 0.00325. The van der Waals surface area contributed by atoms with Crippen molar-refractivity contribution in [2.75, 3.05) is 23.4 Å². The molecule has 3 aromatic rings. The standard InChI is InChI=1S/C25H24N2O4/c1-2-30-21-11-8-18(9-12-21)14-24(28)26-20-10-13-23-22(15-20)27(25(29)17-31-23)16-19-6-4-3-5-7-19/h3-13,15H,2,14,16-17H2,1H3,(H,26,28). The van der Waals surface area contributed by atoms with Gasteiger partial charge in [0.1, 0.15) is 11.5 Å². The third-order valence-corrected chi connectivity index (χ3v) is 4.97. The number of fused-ring (bicyclic) bond motifs is 1. The number of carbonyl (C=O) groups is 2. The zero-order valence-electron chi connectivity index (χ0n) is 17.3. The molecule has 6 nitrogen and oxygen atoms in total. The Bertz CT molecular complexity index is 1060. The van der Waals surface area contributed by atoms with E-state index in [1.165, 1.54) is 0 Å². The molecule has 0 atom stereocenters. The van der Waals surface area contributed by atoms with Crippen molar-refractivity contribution in [2.45, 2.75) is 19.9 Å². The van der Waals surface area contributed by atoms with E-state index in [2.05, 4.69) is 5.32 Å². The van der Waals surface area contributed by atoms with Gasteiger partial charge in [-0.05, 0) is 48.4 Å².